The third-order valence-electron chi connectivity index (χ3n) is 4.46. The van der Waals surface area contributed by atoms with Crippen LogP contribution in [0.1, 0.15) is 42.7 Å². The highest BCUT2D eigenvalue weighted by molar-refractivity contribution is 5.92. The summed E-state index contributed by atoms with van der Waals surface area (Å²) in [5, 5.41) is 11.7. The van der Waals surface area contributed by atoms with Gasteiger partial charge in [-0.25, -0.2) is 0 Å². The highest BCUT2D eigenvalue weighted by Crippen LogP contribution is 2.33. The Morgan fingerprint density at radius 2 is 1.88 bits per heavy atom. The summed E-state index contributed by atoms with van der Waals surface area (Å²) in [5.74, 6) is 0.570. The Morgan fingerprint density at radius 1 is 1.12 bits per heavy atom. The molecule has 3 nitrogen and oxygen atoms in total. The molecule has 3 rings (SSSR count). The van der Waals surface area contributed by atoms with E-state index in [1.807, 2.05) is 6.07 Å². The standard InChI is InChI=1S/C21H20N2O/c22-15-17-8-12-20(13-9-17)23-21(24)14-16-6-10-19(11-7-16)18-4-2-1-3-5-18/h1-6,8-9,12-13,19H,7,10-11,14H2,(H,23,24)/t19-/m1/s1. The van der Waals surface area contributed by atoms with Gasteiger partial charge in [-0.3, -0.25) is 4.79 Å². The monoisotopic (exact) mass is 316 g/mol. The Labute approximate surface area is 142 Å². The first-order valence-corrected chi connectivity index (χ1v) is 8.27. The van der Waals surface area contributed by atoms with Crippen molar-refractivity contribution < 1.29 is 4.79 Å². The Bertz CT molecular complexity index is 770. The molecular formula is C21H20N2O. The summed E-state index contributed by atoms with van der Waals surface area (Å²) in [6.07, 6.45) is 5.74. The molecule has 3 heteroatoms. The number of allylic oxidation sites excluding steroid dienone is 1. The van der Waals surface area contributed by atoms with Gasteiger partial charge >= 0.3 is 0 Å². The molecule has 2 aromatic rings. The number of benzene rings is 2. The third kappa shape index (κ3) is 4.11. The van der Waals surface area contributed by atoms with Gasteiger partial charge in [0.25, 0.3) is 0 Å². The number of anilines is 1. The molecule has 2 aromatic carbocycles. The molecule has 1 aliphatic rings. The fraction of sp³-hybridized carbons (Fsp3) is 0.238. The molecule has 0 saturated heterocycles. The van der Waals surface area contributed by atoms with Crippen molar-refractivity contribution in [1.29, 1.82) is 5.26 Å². The van der Waals surface area contributed by atoms with Crippen molar-refractivity contribution in [3.05, 3.63) is 77.4 Å². The number of amides is 1. The fourth-order valence-corrected chi connectivity index (χ4v) is 3.12. The molecule has 0 spiro atoms. The van der Waals surface area contributed by atoms with Crippen LogP contribution in [-0.4, -0.2) is 5.91 Å². The van der Waals surface area contributed by atoms with E-state index in [2.05, 4.69) is 41.7 Å². The van der Waals surface area contributed by atoms with E-state index >= 15 is 0 Å². The summed E-state index contributed by atoms with van der Waals surface area (Å²) in [6.45, 7) is 0. The average molecular weight is 316 g/mol. The van der Waals surface area contributed by atoms with E-state index in [-0.39, 0.29) is 5.91 Å². The van der Waals surface area contributed by atoms with Crippen molar-refractivity contribution in [2.24, 2.45) is 0 Å². The maximum atomic E-state index is 12.2. The second kappa shape index (κ2) is 7.61. The molecule has 1 amide bonds. The van der Waals surface area contributed by atoms with Crippen LogP contribution in [0.2, 0.25) is 0 Å². The molecule has 1 aliphatic carbocycles. The van der Waals surface area contributed by atoms with Gasteiger partial charge in [0, 0.05) is 12.1 Å². The number of nitrogens with zero attached hydrogens (tertiary/aromatic N) is 1. The van der Waals surface area contributed by atoms with Gasteiger partial charge in [0.05, 0.1) is 11.6 Å². The van der Waals surface area contributed by atoms with Gasteiger partial charge in [0.2, 0.25) is 5.91 Å². The fourth-order valence-electron chi connectivity index (χ4n) is 3.12. The summed E-state index contributed by atoms with van der Waals surface area (Å²) >= 11 is 0. The van der Waals surface area contributed by atoms with Gasteiger partial charge in [-0.15, -0.1) is 0 Å². The topological polar surface area (TPSA) is 52.9 Å². The second-order valence-corrected chi connectivity index (χ2v) is 6.16. The molecule has 0 saturated carbocycles. The molecule has 0 unspecified atom stereocenters. The van der Waals surface area contributed by atoms with Crippen LogP contribution < -0.4 is 5.32 Å². The van der Waals surface area contributed by atoms with Gasteiger partial charge in [-0.2, -0.15) is 5.26 Å². The zero-order valence-electron chi connectivity index (χ0n) is 13.5. The number of nitrogens with one attached hydrogen (secondary N) is 1. The zero-order valence-corrected chi connectivity index (χ0v) is 13.5. The summed E-state index contributed by atoms with van der Waals surface area (Å²) in [6, 6.07) is 19.6. The molecular weight excluding hydrogens is 296 g/mol. The first kappa shape index (κ1) is 16.0. The van der Waals surface area contributed by atoms with E-state index in [0.29, 0.717) is 17.9 Å². The molecule has 1 atom stereocenters. The number of hydrogen-bond donors (Lipinski definition) is 1. The molecule has 0 bridgehead atoms. The number of rotatable bonds is 4. The van der Waals surface area contributed by atoms with Crippen molar-refractivity contribution in [1.82, 2.24) is 0 Å². The quantitative estimate of drug-likeness (QED) is 0.825. The van der Waals surface area contributed by atoms with E-state index in [1.165, 1.54) is 11.1 Å². The molecule has 1 N–H and O–H groups in total. The summed E-state index contributed by atoms with van der Waals surface area (Å²) in [5.41, 5.74) is 3.93. The normalized spacial score (nSPS) is 16.8. The molecule has 0 aromatic heterocycles. The van der Waals surface area contributed by atoms with E-state index in [1.54, 1.807) is 24.3 Å². The lowest BCUT2D eigenvalue weighted by atomic mass is 9.84. The SMILES string of the molecule is N#Cc1ccc(NC(=O)CC2=CC[C@@H](c3ccccc3)CC2)cc1. The van der Waals surface area contributed by atoms with E-state index < -0.39 is 0 Å². The molecule has 0 radical (unpaired) electrons. The summed E-state index contributed by atoms with van der Waals surface area (Å²) < 4.78 is 0. The maximum Gasteiger partial charge on any atom is 0.228 e. The van der Waals surface area contributed by atoms with Gasteiger partial charge in [0.15, 0.2) is 0 Å². The number of hydrogen-bond acceptors (Lipinski definition) is 2. The number of carbonyl (C=O) groups is 1. The van der Waals surface area contributed by atoms with E-state index in [9.17, 15) is 4.79 Å². The largest absolute Gasteiger partial charge is 0.326 e. The Kier molecular flexibility index (Phi) is 5.08. The van der Waals surface area contributed by atoms with Crippen LogP contribution in [0.15, 0.2) is 66.2 Å². The molecule has 0 aliphatic heterocycles. The van der Waals surface area contributed by atoms with Crippen LogP contribution in [0.25, 0.3) is 0 Å². The number of nitriles is 1. The Hall–Kier alpha value is -2.86. The first-order chi connectivity index (χ1) is 11.7. The van der Waals surface area contributed by atoms with Crippen LogP contribution in [0.5, 0.6) is 0 Å². The lowest BCUT2D eigenvalue weighted by Gasteiger charge is -2.22. The smallest absolute Gasteiger partial charge is 0.228 e. The van der Waals surface area contributed by atoms with Gasteiger partial charge in [0.1, 0.15) is 0 Å². The highest BCUT2D eigenvalue weighted by Gasteiger charge is 2.17. The van der Waals surface area contributed by atoms with Crippen molar-refractivity contribution in [3.63, 3.8) is 0 Å². The summed E-state index contributed by atoms with van der Waals surface area (Å²) in [7, 11) is 0. The predicted molar refractivity (Wildman–Crippen MR) is 95.5 cm³/mol. The second-order valence-electron chi connectivity index (χ2n) is 6.16. The average Bonchev–Trinajstić information content (AvgIpc) is 2.64. The van der Waals surface area contributed by atoms with Crippen LogP contribution >= 0.6 is 0 Å². The van der Waals surface area contributed by atoms with E-state index in [4.69, 9.17) is 5.26 Å². The first-order valence-electron chi connectivity index (χ1n) is 8.27. The minimum atomic E-state index is 0.00381. The van der Waals surface area contributed by atoms with E-state index in [0.717, 1.165) is 24.9 Å². The lowest BCUT2D eigenvalue weighted by Crippen LogP contribution is -2.14. The highest BCUT2D eigenvalue weighted by atomic mass is 16.1. The molecule has 0 fully saturated rings. The molecule has 0 heterocycles. The van der Waals surface area contributed by atoms with Crippen LogP contribution in [0.3, 0.4) is 0 Å². The van der Waals surface area contributed by atoms with Crippen molar-refractivity contribution in [2.75, 3.05) is 5.32 Å². The lowest BCUT2D eigenvalue weighted by molar-refractivity contribution is -0.115. The van der Waals surface area contributed by atoms with Gasteiger partial charge in [-0.05, 0) is 55.0 Å². The van der Waals surface area contributed by atoms with Crippen LogP contribution in [0.4, 0.5) is 5.69 Å². The third-order valence-corrected chi connectivity index (χ3v) is 4.46. The van der Waals surface area contributed by atoms with Crippen LogP contribution in [-0.2, 0) is 4.79 Å². The summed E-state index contributed by atoms with van der Waals surface area (Å²) in [4.78, 5) is 12.2. The minimum Gasteiger partial charge on any atom is -0.326 e. The predicted octanol–water partition coefficient (Wildman–Crippen LogP) is 4.78. The van der Waals surface area contributed by atoms with Gasteiger partial charge < -0.3 is 5.32 Å². The Balaban J connectivity index is 1.53. The van der Waals surface area contributed by atoms with Crippen molar-refractivity contribution in [2.45, 2.75) is 31.6 Å². The minimum absolute atomic E-state index is 0.00381. The van der Waals surface area contributed by atoms with Crippen molar-refractivity contribution >= 4 is 11.6 Å². The molecule has 120 valence electrons. The zero-order chi connectivity index (χ0) is 16.8. The number of carbonyl (C=O) groups excluding carboxylic acids is 1. The van der Waals surface area contributed by atoms with Crippen LogP contribution in [0, 0.1) is 11.3 Å². The molecule has 24 heavy (non-hydrogen) atoms. The maximum absolute atomic E-state index is 12.2. The van der Waals surface area contributed by atoms with Crippen molar-refractivity contribution in [3.8, 4) is 6.07 Å². The Morgan fingerprint density at radius 3 is 2.50 bits per heavy atom. The van der Waals surface area contributed by atoms with Gasteiger partial charge in [-0.1, -0.05) is 42.0 Å².